The van der Waals surface area contributed by atoms with Crippen molar-refractivity contribution in [3.8, 4) is 5.75 Å². The smallest absolute Gasteiger partial charge is 0.319 e. The molecule has 2 aromatic rings. The van der Waals surface area contributed by atoms with Gasteiger partial charge in [-0.15, -0.1) is 0 Å². The van der Waals surface area contributed by atoms with E-state index in [-0.39, 0.29) is 24.1 Å². The lowest BCUT2D eigenvalue weighted by atomic mass is 9.93. The summed E-state index contributed by atoms with van der Waals surface area (Å²) >= 11 is 0. The number of urea groups is 1. The van der Waals surface area contributed by atoms with Gasteiger partial charge < -0.3 is 20.7 Å². The number of rotatable bonds is 5. The highest BCUT2D eigenvalue weighted by atomic mass is 16.5. The van der Waals surface area contributed by atoms with Crippen molar-refractivity contribution in [2.24, 2.45) is 0 Å². The van der Waals surface area contributed by atoms with Crippen LogP contribution in [-0.2, 0) is 0 Å². The number of benzene rings is 2. The highest BCUT2D eigenvalue weighted by molar-refractivity contribution is 5.94. The zero-order chi connectivity index (χ0) is 19.9. The Bertz CT molecular complexity index is 795. The van der Waals surface area contributed by atoms with Gasteiger partial charge in [-0.1, -0.05) is 17.7 Å². The van der Waals surface area contributed by atoms with E-state index >= 15 is 0 Å². The maximum atomic E-state index is 12.2. The second-order valence-electron chi connectivity index (χ2n) is 7.16. The van der Waals surface area contributed by atoms with Gasteiger partial charge in [0.1, 0.15) is 5.75 Å². The summed E-state index contributed by atoms with van der Waals surface area (Å²) in [5.74, 6) is 0.656. The molecule has 0 spiro atoms. The van der Waals surface area contributed by atoms with Crippen molar-refractivity contribution in [2.45, 2.75) is 44.8 Å². The Balaban J connectivity index is 1.42. The molecular formula is C22H27N3O3. The fourth-order valence-electron chi connectivity index (χ4n) is 3.34. The highest BCUT2D eigenvalue weighted by Gasteiger charge is 2.23. The van der Waals surface area contributed by atoms with Crippen molar-refractivity contribution < 1.29 is 14.3 Å². The molecule has 3 rings (SSSR count). The summed E-state index contributed by atoms with van der Waals surface area (Å²) in [6.45, 7) is 2.01. The van der Waals surface area contributed by atoms with Crippen molar-refractivity contribution in [1.29, 1.82) is 0 Å². The first-order valence-corrected chi connectivity index (χ1v) is 9.66. The van der Waals surface area contributed by atoms with Crippen LogP contribution in [-0.4, -0.2) is 31.1 Å². The number of carbonyl (C=O) groups is 2. The van der Waals surface area contributed by atoms with E-state index in [0.717, 1.165) is 42.7 Å². The number of ether oxygens (including phenoxy) is 1. The average molecular weight is 381 g/mol. The summed E-state index contributed by atoms with van der Waals surface area (Å²) in [5, 5.41) is 8.52. The van der Waals surface area contributed by atoms with Gasteiger partial charge in [0, 0.05) is 24.3 Å². The fraction of sp³-hybridized carbons (Fsp3) is 0.364. The first-order chi connectivity index (χ1) is 13.5. The Morgan fingerprint density at radius 2 is 1.57 bits per heavy atom. The summed E-state index contributed by atoms with van der Waals surface area (Å²) in [6, 6.07) is 14.9. The van der Waals surface area contributed by atoms with Crippen LogP contribution in [0.15, 0.2) is 48.5 Å². The van der Waals surface area contributed by atoms with Gasteiger partial charge in [-0.3, -0.25) is 4.79 Å². The van der Waals surface area contributed by atoms with E-state index in [2.05, 4.69) is 16.0 Å². The molecule has 1 aliphatic carbocycles. The zero-order valence-electron chi connectivity index (χ0n) is 16.3. The zero-order valence-corrected chi connectivity index (χ0v) is 16.3. The number of nitrogens with one attached hydrogen (secondary N) is 3. The normalized spacial score (nSPS) is 18.8. The van der Waals surface area contributed by atoms with E-state index in [1.807, 2.05) is 43.3 Å². The monoisotopic (exact) mass is 381 g/mol. The van der Waals surface area contributed by atoms with E-state index < -0.39 is 0 Å². The predicted molar refractivity (Wildman–Crippen MR) is 110 cm³/mol. The minimum Gasteiger partial charge on any atom is -0.490 e. The molecule has 0 unspecified atom stereocenters. The number of aryl methyl sites for hydroxylation is 1. The molecule has 28 heavy (non-hydrogen) atoms. The fourth-order valence-corrected chi connectivity index (χ4v) is 3.34. The van der Waals surface area contributed by atoms with E-state index in [9.17, 15) is 9.59 Å². The van der Waals surface area contributed by atoms with E-state index in [0.29, 0.717) is 5.56 Å². The molecule has 148 valence electrons. The molecular weight excluding hydrogens is 354 g/mol. The third-order valence-corrected chi connectivity index (χ3v) is 4.97. The van der Waals surface area contributed by atoms with Gasteiger partial charge in [-0.2, -0.15) is 0 Å². The SMILES string of the molecule is CNC(=O)c1ccc(O[C@H]2CC[C@H](NC(=O)Nc3ccc(C)cc3)CC2)cc1. The minimum absolute atomic E-state index is 0.109. The van der Waals surface area contributed by atoms with Crippen molar-refractivity contribution in [1.82, 2.24) is 10.6 Å². The van der Waals surface area contributed by atoms with Crippen LogP contribution < -0.4 is 20.7 Å². The largest absolute Gasteiger partial charge is 0.490 e. The molecule has 0 aromatic heterocycles. The summed E-state index contributed by atoms with van der Waals surface area (Å²) in [6.07, 6.45) is 3.65. The number of carbonyl (C=O) groups excluding carboxylic acids is 2. The molecule has 1 fully saturated rings. The predicted octanol–water partition coefficient (Wildman–Crippen LogP) is 3.87. The second-order valence-corrected chi connectivity index (χ2v) is 7.16. The maximum absolute atomic E-state index is 12.2. The molecule has 1 saturated carbocycles. The lowest BCUT2D eigenvalue weighted by molar-refractivity contribution is 0.0963. The van der Waals surface area contributed by atoms with Gasteiger partial charge in [0.2, 0.25) is 0 Å². The summed E-state index contributed by atoms with van der Waals surface area (Å²) in [5.41, 5.74) is 2.57. The summed E-state index contributed by atoms with van der Waals surface area (Å²) < 4.78 is 6.02. The van der Waals surface area contributed by atoms with Crippen molar-refractivity contribution in [2.75, 3.05) is 12.4 Å². The molecule has 0 saturated heterocycles. The van der Waals surface area contributed by atoms with E-state index in [4.69, 9.17) is 4.74 Å². The van der Waals surface area contributed by atoms with Crippen molar-refractivity contribution in [3.63, 3.8) is 0 Å². The van der Waals surface area contributed by atoms with Gasteiger partial charge >= 0.3 is 6.03 Å². The van der Waals surface area contributed by atoms with Crippen LogP contribution in [0, 0.1) is 6.92 Å². The van der Waals surface area contributed by atoms with Crippen molar-refractivity contribution in [3.05, 3.63) is 59.7 Å². The average Bonchev–Trinajstić information content (AvgIpc) is 2.71. The first kappa shape index (κ1) is 19.7. The number of hydrogen-bond acceptors (Lipinski definition) is 3. The molecule has 0 radical (unpaired) electrons. The van der Waals surface area contributed by atoms with Crippen LogP contribution in [0.4, 0.5) is 10.5 Å². The van der Waals surface area contributed by atoms with Crippen LogP contribution >= 0.6 is 0 Å². The number of amides is 3. The Morgan fingerprint density at radius 3 is 2.18 bits per heavy atom. The third-order valence-electron chi connectivity index (χ3n) is 4.97. The Labute approximate surface area is 165 Å². The van der Waals surface area contributed by atoms with Crippen molar-refractivity contribution >= 4 is 17.6 Å². The van der Waals surface area contributed by atoms with Gasteiger partial charge in [0.05, 0.1) is 6.10 Å². The standard InChI is InChI=1S/C22H27N3O3/c1-15-3-7-17(8-4-15)24-22(27)25-18-9-13-20(14-10-18)28-19-11-5-16(6-12-19)21(26)23-2/h3-8,11-12,18,20H,9-10,13-14H2,1-2H3,(H,23,26)(H2,24,25,27)/t18-,20-. The lowest BCUT2D eigenvalue weighted by Gasteiger charge is -2.29. The van der Waals surface area contributed by atoms with Crippen LogP contribution in [0.2, 0.25) is 0 Å². The maximum Gasteiger partial charge on any atom is 0.319 e. The van der Waals surface area contributed by atoms with Crippen LogP contribution in [0.1, 0.15) is 41.6 Å². The number of anilines is 1. The molecule has 0 aliphatic heterocycles. The highest BCUT2D eigenvalue weighted by Crippen LogP contribution is 2.24. The quantitative estimate of drug-likeness (QED) is 0.736. The van der Waals surface area contributed by atoms with Crippen LogP contribution in [0.25, 0.3) is 0 Å². The number of hydrogen-bond donors (Lipinski definition) is 3. The molecule has 0 heterocycles. The molecule has 6 nitrogen and oxygen atoms in total. The topological polar surface area (TPSA) is 79.5 Å². The van der Waals surface area contributed by atoms with Gasteiger partial charge in [0.15, 0.2) is 0 Å². The Kier molecular flexibility index (Phi) is 6.53. The molecule has 0 atom stereocenters. The van der Waals surface area contributed by atoms with Crippen LogP contribution in [0.3, 0.4) is 0 Å². The molecule has 0 bridgehead atoms. The third kappa shape index (κ3) is 5.49. The summed E-state index contributed by atoms with van der Waals surface area (Å²) in [4.78, 5) is 23.7. The van der Waals surface area contributed by atoms with Crippen LogP contribution in [0.5, 0.6) is 5.75 Å². The molecule has 2 aromatic carbocycles. The summed E-state index contributed by atoms with van der Waals surface area (Å²) in [7, 11) is 1.61. The van der Waals surface area contributed by atoms with Gasteiger partial charge in [-0.25, -0.2) is 4.79 Å². The minimum atomic E-state index is -0.169. The molecule has 6 heteroatoms. The Morgan fingerprint density at radius 1 is 0.929 bits per heavy atom. The van der Waals surface area contributed by atoms with Gasteiger partial charge in [-0.05, 0) is 69.0 Å². The second kappa shape index (κ2) is 9.26. The molecule has 1 aliphatic rings. The molecule has 3 amide bonds. The van der Waals surface area contributed by atoms with E-state index in [1.54, 1.807) is 19.2 Å². The Hall–Kier alpha value is -3.02. The lowest BCUT2D eigenvalue weighted by Crippen LogP contribution is -2.41. The van der Waals surface area contributed by atoms with E-state index in [1.165, 1.54) is 0 Å². The molecule has 3 N–H and O–H groups in total. The van der Waals surface area contributed by atoms with Gasteiger partial charge in [0.25, 0.3) is 5.91 Å². The first-order valence-electron chi connectivity index (χ1n) is 9.66.